The summed E-state index contributed by atoms with van der Waals surface area (Å²) in [7, 11) is 3.17. The van der Waals surface area contributed by atoms with Gasteiger partial charge in [0.15, 0.2) is 18.1 Å². The number of nitrogens with one attached hydrogen (secondary N) is 1. The molecule has 2 aromatic carbocycles. The first-order valence-electron chi connectivity index (χ1n) is 9.71. The molecule has 0 aliphatic carbocycles. The van der Waals surface area contributed by atoms with Crippen molar-refractivity contribution in [2.24, 2.45) is 5.10 Å². The lowest BCUT2D eigenvalue weighted by molar-refractivity contribution is -0.118. The van der Waals surface area contributed by atoms with E-state index >= 15 is 0 Å². The van der Waals surface area contributed by atoms with Crippen LogP contribution in [0.2, 0.25) is 0 Å². The molecule has 1 saturated heterocycles. The van der Waals surface area contributed by atoms with Crippen molar-refractivity contribution >= 4 is 17.8 Å². The van der Waals surface area contributed by atoms with E-state index in [4.69, 9.17) is 14.2 Å². The lowest BCUT2D eigenvalue weighted by Gasteiger charge is -2.23. The van der Waals surface area contributed by atoms with Crippen molar-refractivity contribution in [3.63, 3.8) is 0 Å². The van der Waals surface area contributed by atoms with Crippen LogP contribution in [0.5, 0.6) is 17.2 Å². The van der Waals surface area contributed by atoms with E-state index in [1.54, 1.807) is 44.6 Å². The van der Waals surface area contributed by atoms with Crippen LogP contribution in [0.3, 0.4) is 0 Å². The van der Waals surface area contributed by atoms with Crippen LogP contribution in [0.25, 0.3) is 0 Å². The van der Waals surface area contributed by atoms with Crippen LogP contribution in [0, 0.1) is 0 Å². The normalized spacial score (nSPS) is 13.9. The first-order valence-corrected chi connectivity index (χ1v) is 9.71. The summed E-state index contributed by atoms with van der Waals surface area (Å²) in [6.07, 6.45) is 5.48. The summed E-state index contributed by atoms with van der Waals surface area (Å²) < 4.78 is 16.2. The van der Waals surface area contributed by atoms with E-state index in [1.807, 2.05) is 18.3 Å². The Balaban J connectivity index is 1.55. The Morgan fingerprint density at radius 3 is 2.48 bits per heavy atom. The molecule has 1 N–H and O–H groups in total. The highest BCUT2D eigenvalue weighted by atomic mass is 16.5. The third-order valence-corrected chi connectivity index (χ3v) is 4.62. The molecule has 0 spiro atoms. The van der Waals surface area contributed by atoms with Gasteiger partial charge in [-0.1, -0.05) is 0 Å². The average Bonchev–Trinajstić information content (AvgIpc) is 2.77. The minimum atomic E-state index is -0.257. The van der Waals surface area contributed by atoms with Crippen LogP contribution in [0.1, 0.15) is 24.8 Å². The average molecular weight is 397 g/mol. The zero-order chi connectivity index (χ0) is 20.5. The molecule has 29 heavy (non-hydrogen) atoms. The molecular weight excluding hydrogens is 370 g/mol. The first-order chi connectivity index (χ1) is 14.2. The van der Waals surface area contributed by atoms with Crippen molar-refractivity contribution in [3.05, 3.63) is 48.0 Å². The van der Waals surface area contributed by atoms with Gasteiger partial charge in [0.2, 0.25) is 0 Å². The lowest BCUT2D eigenvalue weighted by atomic mass is 10.2. The standard InChI is InChI=1S/C22H27N3O4/c1-27-19-9-7-18(8-10-19)24-22(26)16-29-20-11-6-17(14-21(20)28-2)15-23-25-12-4-3-5-13-25/h6-11,14-15H,3-5,12-13,16H2,1-2H3,(H,24,26)/b23-15+. The van der Waals surface area contributed by atoms with Crippen LogP contribution < -0.4 is 19.5 Å². The Morgan fingerprint density at radius 2 is 1.79 bits per heavy atom. The summed E-state index contributed by atoms with van der Waals surface area (Å²) in [5.41, 5.74) is 1.60. The Labute approximate surface area is 171 Å². The highest BCUT2D eigenvalue weighted by molar-refractivity contribution is 5.92. The Morgan fingerprint density at radius 1 is 1.03 bits per heavy atom. The third-order valence-electron chi connectivity index (χ3n) is 4.62. The topological polar surface area (TPSA) is 72.4 Å². The van der Waals surface area contributed by atoms with Crippen molar-refractivity contribution in [2.75, 3.05) is 39.2 Å². The molecule has 0 atom stereocenters. The van der Waals surface area contributed by atoms with Crippen LogP contribution in [0.4, 0.5) is 5.69 Å². The highest BCUT2D eigenvalue weighted by Gasteiger charge is 2.10. The maximum Gasteiger partial charge on any atom is 0.262 e. The molecule has 1 amide bonds. The first kappa shape index (κ1) is 20.5. The molecule has 1 aliphatic heterocycles. The van der Waals surface area contributed by atoms with Crippen LogP contribution in [-0.2, 0) is 4.79 Å². The molecule has 1 aliphatic rings. The smallest absolute Gasteiger partial charge is 0.262 e. The van der Waals surface area contributed by atoms with E-state index in [2.05, 4.69) is 15.4 Å². The Kier molecular flexibility index (Phi) is 7.33. The summed E-state index contributed by atoms with van der Waals surface area (Å²) in [6, 6.07) is 12.6. The number of hydrogen-bond acceptors (Lipinski definition) is 6. The molecule has 2 aromatic rings. The van der Waals surface area contributed by atoms with Gasteiger partial charge >= 0.3 is 0 Å². The maximum absolute atomic E-state index is 12.1. The number of amides is 1. The number of hydrogen-bond donors (Lipinski definition) is 1. The summed E-state index contributed by atoms with van der Waals surface area (Å²) in [4.78, 5) is 12.1. The van der Waals surface area contributed by atoms with Crippen molar-refractivity contribution in [2.45, 2.75) is 19.3 Å². The van der Waals surface area contributed by atoms with Gasteiger partial charge in [0.1, 0.15) is 5.75 Å². The van der Waals surface area contributed by atoms with E-state index in [0.717, 1.165) is 24.4 Å². The fourth-order valence-corrected chi connectivity index (χ4v) is 3.04. The van der Waals surface area contributed by atoms with Crippen LogP contribution in [-0.4, -0.2) is 51.0 Å². The molecular formula is C22H27N3O4. The summed E-state index contributed by atoms with van der Waals surface area (Å²) in [6.45, 7) is 1.87. The Hall–Kier alpha value is -3.22. The number of rotatable bonds is 8. The quantitative estimate of drug-likeness (QED) is 0.690. The molecule has 154 valence electrons. The lowest BCUT2D eigenvalue weighted by Crippen LogP contribution is -2.24. The van der Waals surface area contributed by atoms with Gasteiger partial charge in [0, 0.05) is 18.8 Å². The van der Waals surface area contributed by atoms with Gasteiger partial charge in [-0.25, -0.2) is 0 Å². The minimum Gasteiger partial charge on any atom is -0.497 e. The van der Waals surface area contributed by atoms with Gasteiger partial charge in [0.05, 0.1) is 20.4 Å². The zero-order valence-corrected chi connectivity index (χ0v) is 16.9. The molecule has 7 nitrogen and oxygen atoms in total. The number of benzene rings is 2. The molecule has 0 bridgehead atoms. The van der Waals surface area contributed by atoms with Crippen LogP contribution >= 0.6 is 0 Å². The van der Waals surface area contributed by atoms with Gasteiger partial charge in [0.25, 0.3) is 5.91 Å². The van der Waals surface area contributed by atoms with Crippen molar-refractivity contribution in [3.8, 4) is 17.2 Å². The SMILES string of the molecule is COc1ccc(NC(=O)COc2ccc(/C=N/N3CCCCC3)cc2OC)cc1. The largest absolute Gasteiger partial charge is 0.497 e. The number of hydrazone groups is 1. The number of carbonyl (C=O) groups excluding carboxylic acids is 1. The zero-order valence-electron chi connectivity index (χ0n) is 16.9. The highest BCUT2D eigenvalue weighted by Crippen LogP contribution is 2.27. The predicted molar refractivity (Wildman–Crippen MR) is 113 cm³/mol. The molecule has 1 fully saturated rings. The number of nitrogens with zero attached hydrogens (tertiary/aromatic N) is 2. The second-order valence-corrected chi connectivity index (χ2v) is 6.73. The summed E-state index contributed by atoms with van der Waals surface area (Å²) in [5, 5.41) is 9.40. The van der Waals surface area contributed by atoms with E-state index < -0.39 is 0 Å². The second-order valence-electron chi connectivity index (χ2n) is 6.73. The van der Waals surface area contributed by atoms with Gasteiger partial charge in [-0.15, -0.1) is 0 Å². The second kappa shape index (κ2) is 10.4. The van der Waals surface area contributed by atoms with Crippen molar-refractivity contribution in [1.82, 2.24) is 5.01 Å². The number of methoxy groups -OCH3 is 2. The van der Waals surface area contributed by atoms with Gasteiger partial charge in [-0.3, -0.25) is 9.80 Å². The third kappa shape index (κ3) is 6.14. The molecule has 0 saturated carbocycles. The van der Waals surface area contributed by atoms with E-state index in [-0.39, 0.29) is 12.5 Å². The van der Waals surface area contributed by atoms with E-state index in [9.17, 15) is 4.79 Å². The molecule has 3 rings (SSSR count). The van der Waals surface area contributed by atoms with Gasteiger partial charge < -0.3 is 19.5 Å². The minimum absolute atomic E-state index is 0.121. The number of ether oxygens (including phenoxy) is 3. The maximum atomic E-state index is 12.1. The fourth-order valence-electron chi connectivity index (χ4n) is 3.04. The van der Waals surface area contributed by atoms with E-state index in [1.165, 1.54) is 19.3 Å². The van der Waals surface area contributed by atoms with Gasteiger partial charge in [-0.2, -0.15) is 5.10 Å². The van der Waals surface area contributed by atoms with Crippen molar-refractivity contribution in [1.29, 1.82) is 0 Å². The predicted octanol–water partition coefficient (Wildman–Crippen LogP) is 3.54. The monoisotopic (exact) mass is 397 g/mol. The van der Waals surface area contributed by atoms with Crippen molar-refractivity contribution < 1.29 is 19.0 Å². The molecule has 1 heterocycles. The summed E-state index contributed by atoms with van der Waals surface area (Å²) >= 11 is 0. The molecule has 7 heteroatoms. The fraction of sp³-hybridized carbons (Fsp3) is 0.364. The Bertz CT molecular complexity index is 830. The molecule has 0 unspecified atom stereocenters. The summed E-state index contributed by atoms with van der Waals surface area (Å²) in [5.74, 6) is 1.54. The number of piperidine rings is 1. The molecule has 0 radical (unpaired) electrons. The van der Waals surface area contributed by atoms with Gasteiger partial charge in [-0.05, 0) is 67.3 Å². The van der Waals surface area contributed by atoms with Crippen LogP contribution in [0.15, 0.2) is 47.6 Å². The van der Waals surface area contributed by atoms with E-state index in [0.29, 0.717) is 17.2 Å². The number of carbonyl (C=O) groups is 1. The number of anilines is 1. The molecule has 0 aromatic heterocycles.